The maximum atomic E-state index is 12.2. The number of amides is 2. The molecule has 2 aromatic carbocycles. The van der Waals surface area contributed by atoms with Crippen molar-refractivity contribution in [1.82, 2.24) is 5.32 Å². The number of nitrogens with one attached hydrogen (secondary N) is 2. The average molecular weight is 330 g/mol. The third-order valence-electron chi connectivity index (χ3n) is 3.62. The molecule has 2 rings (SSSR count). The summed E-state index contributed by atoms with van der Waals surface area (Å²) in [5.41, 5.74) is 1.51. The molecule has 128 valence electrons. The van der Waals surface area contributed by atoms with E-state index in [1.54, 1.807) is 39.5 Å². The van der Waals surface area contributed by atoms with Gasteiger partial charge >= 0.3 is 6.03 Å². The van der Waals surface area contributed by atoms with Crippen LogP contribution in [-0.4, -0.2) is 27.4 Å². The standard InChI is InChI=1S/C18H22N2O4/c1-12(13-5-7-14(22-2)8-6-13)19-18(21)20-16-11-15(23-3)9-10-17(16)24-4/h5-12H,1-4H3,(H2,19,20,21). The highest BCUT2D eigenvalue weighted by atomic mass is 16.5. The summed E-state index contributed by atoms with van der Waals surface area (Å²) in [6.45, 7) is 1.91. The van der Waals surface area contributed by atoms with Gasteiger partial charge in [0, 0.05) is 6.07 Å². The Morgan fingerprint density at radius 2 is 1.54 bits per heavy atom. The van der Waals surface area contributed by atoms with Gasteiger partial charge in [0.15, 0.2) is 0 Å². The lowest BCUT2D eigenvalue weighted by Crippen LogP contribution is -2.31. The van der Waals surface area contributed by atoms with Gasteiger partial charge < -0.3 is 24.8 Å². The molecule has 0 aliphatic carbocycles. The van der Waals surface area contributed by atoms with E-state index in [1.807, 2.05) is 31.2 Å². The molecule has 0 heterocycles. The molecular weight excluding hydrogens is 308 g/mol. The summed E-state index contributed by atoms with van der Waals surface area (Å²) in [4.78, 5) is 12.2. The minimum atomic E-state index is -0.329. The minimum Gasteiger partial charge on any atom is -0.497 e. The summed E-state index contributed by atoms with van der Waals surface area (Å²) < 4.78 is 15.5. The second-order valence-corrected chi connectivity index (χ2v) is 5.16. The molecule has 2 aromatic rings. The summed E-state index contributed by atoms with van der Waals surface area (Å²) in [6.07, 6.45) is 0. The molecule has 0 spiro atoms. The van der Waals surface area contributed by atoms with Crippen molar-refractivity contribution in [2.24, 2.45) is 0 Å². The van der Waals surface area contributed by atoms with E-state index in [0.717, 1.165) is 11.3 Å². The number of carbonyl (C=O) groups excluding carboxylic acids is 1. The van der Waals surface area contributed by atoms with Crippen molar-refractivity contribution in [3.63, 3.8) is 0 Å². The molecule has 2 N–H and O–H groups in total. The molecule has 0 aliphatic rings. The first-order valence-electron chi connectivity index (χ1n) is 7.51. The normalized spacial score (nSPS) is 11.3. The van der Waals surface area contributed by atoms with Crippen LogP contribution in [-0.2, 0) is 0 Å². The Labute approximate surface area is 141 Å². The first-order valence-corrected chi connectivity index (χ1v) is 7.51. The van der Waals surface area contributed by atoms with E-state index in [2.05, 4.69) is 10.6 Å². The first kappa shape index (κ1) is 17.5. The van der Waals surface area contributed by atoms with Gasteiger partial charge in [-0.3, -0.25) is 0 Å². The number of carbonyl (C=O) groups is 1. The van der Waals surface area contributed by atoms with Crippen LogP contribution >= 0.6 is 0 Å². The largest absolute Gasteiger partial charge is 0.497 e. The number of benzene rings is 2. The van der Waals surface area contributed by atoms with Gasteiger partial charge in [-0.15, -0.1) is 0 Å². The Balaban J connectivity index is 2.04. The molecule has 2 amide bonds. The van der Waals surface area contributed by atoms with Gasteiger partial charge in [-0.25, -0.2) is 4.79 Å². The van der Waals surface area contributed by atoms with E-state index in [0.29, 0.717) is 17.2 Å². The number of ether oxygens (including phenoxy) is 3. The van der Waals surface area contributed by atoms with Gasteiger partial charge in [-0.1, -0.05) is 12.1 Å². The summed E-state index contributed by atoms with van der Waals surface area (Å²) in [5, 5.41) is 5.66. The summed E-state index contributed by atoms with van der Waals surface area (Å²) in [7, 11) is 4.73. The molecule has 0 saturated carbocycles. The van der Waals surface area contributed by atoms with Crippen molar-refractivity contribution in [3.05, 3.63) is 48.0 Å². The van der Waals surface area contributed by atoms with Gasteiger partial charge in [0.05, 0.1) is 33.1 Å². The highest BCUT2D eigenvalue weighted by Gasteiger charge is 2.12. The fraction of sp³-hybridized carbons (Fsp3) is 0.278. The van der Waals surface area contributed by atoms with Crippen molar-refractivity contribution < 1.29 is 19.0 Å². The molecule has 6 heteroatoms. The Morgan fingerprint density at radius 3 is 2.12 bits per heavy atom. The average Bonchev–Trinajstić information content (AvgIpc) is 2.61. The zero-order chi connectivity index (χ0) is 17.5. The van der Waals surface area contributed by atoms with Crippen molar-refractivity contribution in [2.45, 2.75) is 13.0 Å². The van der Waals surface area contributed by atoms with E-state index in [1.165, 1.54) is 0 Å². The smallest absolute Gasteiger partial charge is 0.319 e. The number of hydrogen-bond acceptors (Lipinski definition) is 4. The van der Waals surface area contributed by atoms with Crippen molar-refractivity contribution in [1.29, 1.82) is 0 Å². The Morgan fingerprint density at radius 1 is 0.917 bits per heavy atom. The lowest BCUT2D eigenvalue weighted by Gasteiger charge is -2.17. The maximum Gasteiger partial charge on any atom is 0.319 e. The summed E-state index contributed by atoms with van der Waals surface area (Å²) in [5.74, 6) is 1.97. The number of methoxy groups -OCH3 is 3. The highest BCUT2D eigenvalue weighted by molar-refractivity contribution is 5.91. The van der Waals surface area contributed by atoms with Crippen molar-refractivity contribution in [2.75, 3.05) is 26.6 Å². The Bertz CT molecular complexity index is 686. The zero-order valence-electron chi connectivity index (χ0n) is 14.3. The van der Waals surface area contributed by atoms with Gasteiger partial charge in [0.2, 0.25) is 0 Å². The highest BCUT2D eigenvalue weighted by Crippen LogP contribution is 2.29. The second kappa shape index (κ2) is 8.10. The molecule has 1 atom stereocenters. The van der Waals surface area contributed by atoms with Crippen LogP contribution < -0.4 is 24.8 Å². The monoisotopic (exact) mass is 330 g/mol. The van der Waals surface area contributed by atoms with E-state index in [9.17, 15) is 4.79 Å². The lowest BCUT2D eigenvalue weighted by molar-refractivity contribution is 0.249. The van der Waals surface area contributed by atoms with Gasteiger partial charge in [-0.2, -0.15) is 0 Å². The number of anilines is 1. The van der Waals surface area contributed by atoms with Crippen LogP contribution in [0.1, 0.15) is 18.5 Å². The fourth-order valence-electron chi connectivity index (χ4n) is 2.24. The van der Waals surface area contributed by atoms with Crippen LogP contribution in [0.4, 0.5) is 10.5 Å². The van der Waals surface area contributed by atoms with Crippen LogP contribution in [0.15, 0.2) is 42.5 Å². The van der Waals surface area contributed by atoms with E-state index >= 15 is 0 Å². The number of urea groups is 1. The third-order valence-corrected chi connectivity index (χ3v) is 3.62. The predicted octanol–water partition coefficient (Wildman–Crippen LogP) is 3.60. The molecule has 1 unspecified atom stereocenters. The molecule has 0 radical (unpaired) electrons. The maximum absolute atomic E-state index is 12.2. The Hall–Kier alpha value is -2.89. The van der Waals surface area contributed by atoms with Crippen molar-refractivity contribution in [3.8, 4) is 17.2 Å². The van der Waals surface area contributed by atoms with E-state index in [4.69, 9.17) is 14.2 Å². The van der Waals surface area contributed by atoms with Crippen LogP contribution in [0.3, 0.4) is 0 Å². The number of hydrogen-bond donors (Lipinski definition) is 2. The molecule has 0 saturated heterocycles. The van der Waals surface area contributed by atoms with Crippen molar-refractivity contribution >= 4 is 11.7 Å². The summed E-state index contributed by atoms with van der Waals surface area (Å²) >= 11 is 0. The molecule has 24 heavy (non-hydrogen) atoms. The minimum absolute atomic E-state index is 0.160. The molecule has 0 aliphatic heterocycles. The predicted molar refractivity (Wildman–Crippen MR) is 93.1 cm³/mol. The van der Waals surface area contributed by atoms with Crippen LogP contribution in [0.5, 0.6) is 17.2 Å². The van der Waals surface area contributed by atoms with Crippen LogP contribution in [0.2, 0.25) is 0 Å². The third kappa shape index (κ3) is 4.32. The molecular formula is C18H22N2O4. The first-order chi connectivity index (χ1) is 11.6. The SMILES string of the molecule is COc1ccc(C(C)NC(=O)Nc2cc(OC)ccc2OC)cc1. The van der Waals surface area contributed by atoms with Gasteiger partial charge in [-0.05, 0) is 36.8 Å². The van der Waals surface area contributed by atoms with Crippen LogP contribution in [0.25, 0.3) is 0 Å². The van der Waals surface area contributed by atoms with E-state index in [-0.39, 0.29) is 12.1 Å². The van der Waals surface area contributed by atoms with Gasteiger partial charge in [0.25, 0.3) is 0 Å². The Kier molecular flexibility index (Phi) is 5.89. The topological polar surface area (TPSA) is 68.8 Å². The molecule has 0 aromatic heterocycles. The molecule has 6 nitrogen and oxygen atoms in total. The fourth-order valence-corrected chi connectivity index (χ4v) is 2.24. The zero-order valence-corrected chi connectivity index (χ0v) is 14.3. The quantitative estimate of drug-likeness (QED) is 0.849. The second-order valence-electron chi connectivity index (χ2n) is 5.16. The van der Waals surface area contributed by atoms with E-state index < -0.39 is 0 Å². The lowest BCUT2D eigenvalue weighted by atomic mass is 10.1. The van der Waals surface area contributed by atoms with Crippen LogP contribution in [0, 0.1) is 0 Å². The molecule has 0 fully saturated rings. The summed E-state index contributed by atoms with van der Waals surface area (Å²) in [6, 6.07) is 12.3. The molecule has 0 bridgehead atoms. The van der Waals surface area contributed by atoms with Gasteiger partial charge in [0.1, 0.15) is 17.2 Å². The number of rotatable bonds is 6.